The molecule has 1 aromatic heterocycles. The highest BCUT2D eigenvalue weighted by Gasteiger charge is 2.28. The van der Waals surface area contributed by atoms with Crippen LogP contribution < -0.4 is 10.5 Å². The lowest BCUT2D eigenvalue weighted by molar-refractivity contribution is 0.0602. The van der Waals surface area contributed by atoms with Gasteiger partial charge >= 0.3 is 5.97 Å². The molecule has 122 valence electrons. The molecule has 1 heterocycles. The first-order chi connectivity index (χ1) is 9.29. The normalized spacial score (nSPS) is 11.8. The number of nitrogens with one attached hydrogen (secondary N) is 1. The van der Waals surface area contributed by atoms with Crippen LogP contribution in [0, 0.1) is 0 Å². The summed E-state index contributed by atoms with van der Waals surface area (Å²) in [5, 5.41) is 1.54. The third kappa shape index (κ3) is 4.93. The van der Waals surface area contributed by atoms with Crippen molar-refractivity contribution in [2.24, 2.45) is 5.73 Å². The lowest BCUT2D eigenvalue weighted by Gasteiger charge is -2.26. The number of ether oxygens (including phenoxy) is 1. The fourth-order valence-electron chi connectivity index (χ4n) is 1.57. The Bertz CT molecular complexity index is 568. The SMILES string of the molecule is CCC(N)(CC)CNS(=O)(=O)c1ccsc1C(=O)OC.Cl. The van der Waals surface area contributed by atoms with Gasteiger partial charge in [-0.3, -0.25) is 0 Å². The zero-order valence-corrected chi connectivity index (χ0v) is 14.7. The van der Waals surface area contributed by atoms with Crippen LogP contribution in [0.25, 0.3) is 0 Å². The molecule has 21 heavy (non-hydrogen) atoms. The summed E-state index contributed by atoms with van der Waals surface area (Å²) in [6.07, 6.45) is 1.30. The highest BCUT2D eigenvalue weighted by atomic mass is 35.5. The molecule has 0 aliphatic heterocycles. The van der Waals surface area contributed by atoms with Gasteiger partial charge in [0.2, 0.25) is 10.0 Å². The van der Waals surface area contributed by atoms with Gasteiger partial charge < -0.3 is 10.5 Å². The topological polar surface area (TPSA) is 98.5 Å². The van der Waals surface area contributed by atoms with Crippen LogP contribution in [0.5, 0.6) is 0 Å². The second-order valence-electron chi connectivity index (χ2n) is 4.50. The van der Waals surface area contributed by atoms with E-state index in [4.69, 9.17) is 5.73 Å². The van der Waals surface area contributed by atoms with Crippen molar-refractivity contribution >= 4 is 39.7 Å². The van der Waals surface area contributed by atoms with Crippen LogP contribution in [0.15, 0.2) is 16.3 Å². The van der Waals surface area contributed by atoms with E-state index in [1.807, 2.05) is 13.8 Å². The average molecular weight is 357 g/mol. The number of rotatable bonds is 7. The van der Waals surface area contributed by atoms with Crippen molar-refractivity contribution in [2.45, 2.75) is 37.1 Å². The van der Waals surface area contributed by atoms with Crippen LogP contribution in [-0.4, -0.2) is 33.6 Å². The summed E-state index contributed by atoms with van der Waals surface area (Å²) in [6, 6.07) is 1.38. The van der Waals surface area contributed by atoms with Gasteiger partial charge in [0.15, 0.2) is 0 Å². The van der Waals surface area contributed by atoms with E-state index in [0.29, 0.717) is 12.8 Å². The van der Waals surface area contributed by atoms with Crippen molar-refractivity contribution in [2.75, 3.05) is 13.7 Å². The second-order valence-corrected chi connectivity index (χ2v) is 7.15. The molecule has 3 N–H and O–H groups in total. The fourth-order valence-corrected chi connectivity index (χ4v) is 4.04. The van der Waals surface area contributed by atoms with Gasteiger partial charge in [0, 0.05) is 12.1 Å². The lowest BCUT2D eigenvalue weighted by atomic mass is 9.95. The Kier molecular flexibility index (Phi) is 7.83. The summed E-state index contributed by atoms with van der Waals surface area (Å²) in [7, 11) is -2.56. The zero-order valence-electron chi connectivity index (χ0n) is 12.2. The molecular formula is C12H21ClN2O4S2. The molecule has 0 saturated heterocycles. The third-order valence-electron chi connectivity index (χ3n) is 3.31. The van der Waals surface area contributed by atoms with Crippen molar-refractivity contribution in [1.82, 2.24) is 4.72 Å². The van der Waals surface area contributed by atoms with Crippen molar-refractivity contribution < 1.29 is 17.9 Å². The maximum atomic E-state index is 12.2. The summed E-state index contributed by atoms with van der Waals surface area (Å²) >= 11 is 1.03. The standard InChI is InChI=1S/C12H20N2O4S2.ClH/c1-4-12(13,5-2)8-14-20(16,17)9-6-7-19-10(9)11(15)18-3;/h6-7,14H,4-5,8,13H2,1-3H3;1H. The van der Waals surface area contributed by atoms with Gasteiger partial charge in [-0.15, -0.1) is 23.7 Å². The molecule has 0 radical (unpaired) electrons. The molecule has 0 atom stereocenters. The number of methoxy groups -OCH3 is 1. The van der Waals surface area contributed by atoms with E-state index >= 15 is 0 Å². The molecule has 0 spiro atoms. The first-order valence-electron chi connectivity index (χ1n) is 6.24. The van der Waals surface area contributed by atoms with Gasteiger partial charge in [-0.2, -0.15) is 0 Å². The number of carbonyl (C=O) groups excluding carboxylic acids is 1. The van der Waals surface area contributed by atoms with E-state index in [2.05, 4.69) is 9.46 Å². The molecule has 9 heteroatoms. The average Bonchev–Trinajstić information content (AvgIpc) is 2.94. The number of halogens is 1. The number of hydrogen-bond donors (Lipinski definition) is 2. The molecule has 0 saturated carbocycles. The molecule has 1 rings (SSSR count). The molecule has 0 fully saturated rings. The van der Waals surface area contributed by atoms with Crippen LogP contribution in [0.4, 0.5) is 0 Å². The monoisotopic (exact) mass is 356 g/mol. The van der Waals surface area contributed by atoms with Crippen molar-refractivity contribution in [3.8, 4) is 0 Å². The Hall–Kier alpha value is -0.670. The molecule has 6 nitrogen and oxygen atoms in total. The Balaban J connectivity index is 0.00000400. The molecule has 0 amide bonds. The van der Waals surface area contributed by atoms with Gasteiger partial charge in [-0.1, -0.05) is 13.8 Å². The first-order valence-corrected chi connectivity index (χ1v) is 8.60. The van der Waals surface area contributed by atoms with Crippen LogP contribution in [-0.2, 0) is 14.8 Å². The Morgan fingerprint density at radius 2 is 2.00 bits per heavy atom. The van der Waals surface area contributed by atoms with Gasteiger partial charge in [0.25, 0.3) is 0 Å². The van der Waals surface area contributed by atoms with Crippen LogP contribution in [0.3, 0.4) is 0 Å². The number of hydrogen-bond acceptors (Lipinski definition) is 6. The second kappa shape index (κ2) is 8.09. The summed E-state index contributed by atoms with van der Waals surface area (Å²) in [6.45, 7) is 3.93. The van der Waals surface area contributed by atoms with E-state index in [1.165, 1.54) is 18.6 Å². The number of carbonyl (C=O) groups is 1. The fraction of sp³-hybridized carbons (Fsp3) is 0.583. The van der Waals surface area contributed by atoms with Crippen LogP contribution >= 0.6 is 23.7 Å². The van der Waals surface area contributed by atoms with E-state index in [1.54, 1.807) is 0 Å². The number of thiophene rings is 1. The van der Waals surface area contributed by atoms with Gasteiger partial charge in [-0.05, 0) is 24.3 Å². The number of sulfonamides is 1. The molecule has 0 aliphatic rings. The minimum atomic E-state index is -3.78. The minimum absolute atomic E-state index is 0. The summed E-state index contributed by atoms with van der Waals surface area (Å²) in [4.78, 5) is 11.5. The Morgan fingerprint density at radius 3 is 2.48 bits per heavy atom. The largest absolute Gasteiger partial charge is 0.465 e. The zero-order chi connectivity index (χ0) is 15.4. The van der Waals surface area contributed by atoms with E-state index in [9.17, 15) is 13.2 Å². The quantitative estimate of drug-likeness (QED) is 0.725. The van der Waals surface area contributed by atoms with Gasteiger partial charge in [0.1, 0.15) is 9.77 Å². The number of nitrogens with two attached hydrogens (primary N) is 1. The van der Waals surface area contributed by atoms with E-state index in [0.717, 1.165) is 11.3 Å². The predicted octanol–water partition coefficient (Wildman–Crippen LogP) is 1.75. The summed E-state index contributed by atoms with van der Waals surface area (Å²) < 4.78 is 31.5. The Labute approximate surface area is 135 Å². The van der Waals surface area contributed by atoms with Crippen molar-refractivity contribution in [3.63, 3.8) is 0 Å². The predicted molar refractivity (Wildman–Crippen MR) is 85.6 cm³/mol. The van der Waals surface area contributed by atoms with E-state index in [-0.39, 0.29) is 28.7 Å². The lowest BCUT2D eigenvalue weighted by Crippen LogP contribution is -2.49. The molecule has 1 aromatic rings. The van der Waals surface area contributed by atoms with Crippen molar-refractivity contribution in [1.29, 1.82) is 0 Å². The van der Waals surface area contributed by atoms with Gasteiger partial charge in [-0.25, -0.2) is 17.9 Å². The highest BCUT2D eigenvalue weighted by Crippen LogP contribution is 2.23. The third-order valence-corrected chi connectivity index (χ3v) is 5.78. The van der Waals surface area contributed by atoms with Crippen LogP contribution in [0.2, 0.25) is 0 Å². The Morgan fingerprint density at radius 1 is 1.43 bits per heavy atom. The molecule has 0 bridgehead atoms. The maximum Gasteiger partial charge on any atom is 0.349 e. The molecular weight excluding hydrogens is 336 g/mol. The van der Waals surface area contributed by atoms with Gasteiger partial charge in [0.05, 0.1) is 7.11 Å². The number of esters is 1. The highest BCUT2D eigenvalue weighted by molar-refractivity contribution is 7.89. The maximum absolute atomic E-state index is 12.2. The molecule has 0 aliphatic carbocycles. The smallest absolute Gasteiger partial charge is 0.349 e. The summed E-state index contributed by atoms with van der Waals surface area (Å²) in [5.41, 5.74) is 5.48. The minimum Gasteiger partial charge on any atom is -0.465 e. The van der Waals surface area contributed by atoms with E-state index < -0.39 is 21.5 Å². The first kappa shape index (κ1) is 20.3. The van der Waals surface area contributed by atoms with Crippen LogP contribution in [0.1, 0.15) is 36.4 Å². The molecule has 0 aromatic carbocycles. The van der Waals surface area contributed by atoms with Crippen molar-refractivity contribution in [3.05, 3.63) is 16.3 Å². The molecule has 0 unspecified atom stereocenters. The summed E-state index contributed by atoms with van der Waals surface area (Å²) in [5.74, 6) is -0.662.